The molecule has 1 aromatic rings. The molecule has 34 heavy (non-hydrogen) atoms. The number of aromatic amines is 1. The van der Waals surface area contributed by atoms with Crippen LogP contribution in [-0.2, 0) is 31.6 Å². The highest BCUT2D eigenvalue weighted by molar-refractivity contribution is 7.66. The Kier molecular flexibility index (Phi) is 8.47. The van der Waals surface area contributed by atoms with Gasteiger partial charge in [-0.3, -0.25) is 18.9 Å². The van der Waals surface area contributed by atoms with Gasteiger partial charge in [-0.1, -0.05) is 11.6 Å². The van der Waals surface area contributed by atoms with E-state index in [1.54, 1.807) is 0 Å². The molecule has 0 aromatic carbocycles. The molecule has 8 N–H and O–H groups in total. The van der Waals surface area contributed by atoms with Gasteiger partial charge < -0.3 is 35.2 Å². The minimum atomic E-state index is -5.80. The lowest BCUT2D eigenvalue weighted by Gasteiger charge is -2.27. The maximum atomic E-state index is 12.4. The molecular weight excluding hydrogens is 551 g/mol. The molecule has 21 heteroatoms. The molecule has 0 saturated carbocycles. The average molecular weight is 570 g/mol. The second-order valence-electron chi connectivity index (χ2n) is 6.79. The predicted molar refractivity (Wildman–Crippen MR) is 111 cm³/mol. The smallest absolute Gasteiger partial charge is 0.387 e. The maximum absolute atomic E-state index is 12.4. The van der Waals surface area contributed by atoms with Crippen LogP contribution in [0.5, 0.6) is 0 Å². The number of phosphoric acid groups is 3. The molecule has 3 unspecified atom stereocenters. The van der Waals surface area contributed by atoms with Gasteiger partial charge >= 0.3 is 29.2 Å². The third-order valence-corrected chi connectivity index (χ3v) is 8.66. The van der Waals surface area contributed by atoms with Gasteiger partial charge in [-0.15, -0.1) is 0 Å². The molecule has 0 amide bonds. The summed E-state index contributed by atoms with van der Waals surface area (Å²) in [7, 11) is -17.0. The molecule has 0 spiro atoms. The van der Waals surface area contributed by atoms with Crippen molar-refractivity contribution in [2.75, 3.05) is 0 Å². The molecule has 2 rings (SSSR count). The summed E-state index contributed by atoms with van der Waals surface area (Å²) >= 11 is 6.40. The first kappa shape index (κ1) is 28.9. The van der Waals surface area contributed by atoms with Crippen LogP contribution in [0.15, 0.2) is 15.7 Å². The lowest BCUT2D eigenvalue weighted by atomic mass is 9.97. The van der Waals surface area contributed by atoms with Crippen molar-refractivity contribution in [2.24, 2.45) is 5.73 Å². The van der Waals surface area contributed by atoms with Crippen molar-refractivity contribution in [3.8, 4) is 12.0 Å². The minimum Gasteiger partial charge on any atom is -0.387 e. The van der Waals surface area contributed by atoms with E-state index in [4.69, 9.17) is 31.9 Å². The van der Waals surface area contributed by atoms with Crippen LogP contribution in [0.2, 0.25) is 0 Å². The van der Waals surface area contributed by atoms with E-state index in [-0.39, 0.29) is 5.69 Å². The molecule has 0 bridgehead atoms. The summed E-state index contributed by atoms with van der Waals surface area (Å²) in [5.74, 6) is 2.26. The van der Waals surface area contributed by atoms with Crippen molar-refractivity contribution < 1.29 is 56.3 Å². The number of hydrogen-bond acceptors (Lipinski definition) is 11. The van der Waals surface area contributed by atoms with Crippen molar-refractivity contribution in [2.45, 2.75) is 43.3 Å². The number of nitrogens with one attached hydrogen (secondary N) is 1. The quantitative estimate of drug-likeness (QED) is 0.0832. The molecule has 17 nitrogen and oxygen atoms in total. The standard InChI is InChI=1S/C13H19ClN3O14P3/c1-6-5-8(18)16-12(20)17(6)11-13(14,3-4-15)10(19)9(28-11)7(2)29-33(24,25)31-34(26,27)30-32(21,22)23/h5,7,9-11,19H,15H2,1-2H3,(H,24,25)(H,26,27)(H,16,18,20)(H2,21,22,23)/t7-,9+,10-,11+,13?/m0/s1. The molecular formula is C13H19ClN3O14P3. The number of rotatable bonds is 8. The van der Waals surface area contributed by atoms with Crippen LogP contribution in [0.3, 0.4) is 0 Å². The van der Waals surface area contributed by atoms with Crippen molar-refractivity contribution >= 4 is 35.1 Å². The summed E-state index contributed by atoms with van der Waals surface area (Å²) in [6.07, 6.45) is -6.91. The number of ether oxygens (including phenoxy) is 1. The summed E-state index contributed by atoms with van der Waals surface area (Å²) in [5.41, 5.74) is 3.48. The molecule has 1 aliphatic rings. The molecule has 0 radical (unpaired) electrons. The van der Waals surface area contributed by atoms with Crippen molar-refractivity contribution in [1.82, 2.24) is 9.55 Å². The number of nitrogens with zero attached hydrogens (tertiary/aromatic N) is 1. The van der Waals surface area contributed by atoms with Gasteiger partial charge in [-0.05, 0) is 19.8 Å². The predicted octanol–water partition coefficient (Wildman–Crippen LogP) is -1.27. The van der Waals surface area contributed by atoms with Crippen LogP contribution in [0.4, 0.5) is 0 Å². The van der Waals surface area contributed by atoms with Crippen molar-refractivity contribution in [1.29, 1.82) is 0 Å². The summed E-state index contributed by atoms with van der Waals surface area (Å²) in [6.45, 7) is 2.35. The number of H-pyrrole nitrogens is 1. The fraction of sp³-hybridized carbons (Fsp3) is 0.538. The van der Waals surface area contributed by atoms with Gasteiger partial charge in [0.05, 0.1) is 6.10 Å². The lowest BCUT2D eigenvalue weighted by molar-refractivity contribution is -0.0754. The van der Waals surface area contributed by atoms with Gasteiger partial charge in [0, 0.05) is 17.8 Å². The van der Waals surface area contributed by atoms with E-state index in [9.17, 15) is 38.2 Å². The third-order valence-electron chi connectivity index (χ3n) is 4.23. The first-order valence-corrected chi connectivity index (χ1v) is 13.6. The van der Waals surface area contributed by atoms with Crippen LogP contribution >= 0.6 is 35.1 Å². The molecule has 7 atom stereocenters. The van der Waals surface area contributed by atoms with E-state index in [1.807, 2.05) is 11.0 Å². The number of nitrogens with two attached hydrogens (primary N) is 1. The van der Waals surface area contributed by atoms with E-state index >= 15 is 0 Å². The topological polar surface area (TPSA) is 270 Å². The Morgan fingerprint density at radius 3 is 2.32 bits per heavy atom. The summed E-state index contributed by atoms with van der Waals surface area (Å²) in [6, 6.07) is 2.96. The average Bonchev–Trinajstić information content (AvgIpc) is 2.83. The van der Waals surface area contributed by atoms with Gasteiger partial charge in [-0.25, -0.2) is 18.5 Å². The van der Waals surface area contributed by atoms with Gasteiger partial charge in [0.1, 0.15) is 12.2 Å². The van der Waals surface area contributed by atoms with E-state index < -0.39 is 64.1 Å². The van der Waals surface area contributed by atoms with Crippen molar-refractivity contribution in [3.05, 3.63) is 32.6 Å². The normalized spacial score (nSPS) is 29.5. The van der Waals surface area contributed by atoms with E-state index in [0.29, 0.717) is 0 Å². The zero-order chi connectivity index (χ0) is 26.3. The van der Waals surface area contributed by atoms with E-state index in [0.717, 1.165) is 17.6 Å². The monoisotopic (exact) mass is 569 g/mol. The SMILES string of the molecule is Cc1cc(=O)[nH]c(=O)n1[C@@H]1O[C@H]([C@H](C)OP(=O)(O)OP(=O)(O)OP(=O)(O)O)[C@H](O)C1(Cl)C#CN. The maximum Gasteiger partial charge on any atom is 0.490 e. The zero-order valence-electron chi connectivity index (χ0n) is 17.0. The van der Waals surface area contributed by atoms with Crippen LogP contribution in [0.1, 0.15) is 18.8 Å². The number of alkyl halides is 1. The van der Waals surface area contributed by atoms with Crippen molar-refractivity contribution in [3.63, 3.8) is 0 Å². The number of hydrogen-bond donors (Lipinski definition) is 7. The lowest BCUT2D eigenvalue weighted by Crippen LogP contribution is -2.46. The number of phosphoric ester groups is 1. The molecule has 1 aliphatic heterocycles. The Bertz CT molecular complexity index is 1270. The fourth-order valence-corrected chi connectivity index (χ4v) is 6.58. The highest BCUT2D eigenvalue weighted by atomic mass is 35.5. The van der Waals surface area contributed by atoms with Crippen LogP contribution in [-0.4, -0.2) is 57.4 Å². The fourth-order valence-electron chi connectivity index (χ4n) is 3.05. The second kappa shape index (κ2) is 9.96. The second-order valence-corrected chi connectivity index (χ2v) is 11.8. The van der Waals surface area contributed by atoms with Gasteiger partial charge in [-0.2, -0.15) is 8.62 Å². The third kappa shape index (κ3) is 6.66. The molecule has 2 heterocycles. The Morgan fingerprint density at radius 2 is 1.82 bits per heavy atom. The number of halogens is 1. The highest BCUT2D eigenvalue weighted by Crippen LogP contribution is 2.66. The highest BCUT2D eigenvalue weighted by Gasteiger charge is 2.59. The molecule has 192 valence electrons. The van der Waals surface area contributed by atoms with Gasteiger partial charge in [0.15, 0.2) is 11.1 Å². The first-order valence-electron chi connectivity index (χ1n) is 8.72. The number of aliphatic hydroxyl groups excluding tert-OH is 1. The van der Waals surface area contributed by atoms with Gasteiger partial charge in [0.2, 0.25) is 0 Å². The Hall–Kier alpha value is -1.34. The Balaban J connectivity index is 2.37. The van der Waals surface area contributed by atoms with Crippen LogP contribution < -0.4 is 17.0 Å². The summed E-state index contributed by atoms with van der Waals surface area (Å²) < 4.78 is 52.6. The number of aromatic nitrogens is 2. The van der Waals surface area contributed by atoms with Gasteiger partial charge in [0.25, 0.3) is 5.56 Å². The minimum absolute atomic E-state index is 0.0241. The largest absolute Gasteiger partial charge is 0.490 e. The molecule has 1 aromatic heterocycles. The molecule has 1 fully saturated rings. The van der Waals surface area contributed by atoms with E-state index in [1.165, 1.54) is 6.92 Å². The Morgan fingerprint density at radius 1 is 1.24 bits per heavy atom. The number of aryl methyl sites for hydroxylation is 1. The summed E-state index contributed by atoms with van der Waals surface area (Å²) in [5, 5.41) is 10.7. The molecule has 0 aliphatic carbocycles. The summed E-state index contributed by atoms with van der Waals surface area (Å²) in [4.78, 5) is 59.8. The number of aliphatic hydroxyl groups is 1. The van der Waals surface area contributed by atoms with Crippen LogP contribution in [0, 0.1) is 18.9 Å². The first-order chi connectivity index (χ1) is 15.3. The van der Waals surface area contributed by atoms with Crippen LogP contribution in [0.25, 0.3) is 0 Å². The molecule has 1 saturated heterocycles. The zero-order valence-corrected chi connectivity index (χ0v) is 20.5. The van der Waals surface area contributed by atoms with E-state index in [2.05, 4.69) is 19.1 Å². The Labute approximate surface area is 194 Å².